The summed E-state index contributed by atoms with van der Waals surface area (Å²) in [6, 6.07) is 12.2. The van der Waals surface area contributed by atoms with Gasteiger partial charge in [0.05, 0.1) is 0 Å². The zero-order chi connectivity index (χ0) is 10.8. The minimum absolute atomic E-state index is 0.314. The molecule has 0 aliphatic carbocycles. The number of phenolic OH excluding ortho intramolecular Hbond substituents is 1. The Balaban J connectivity index is 2.45. The van der Waals surface area contributed by atoms with Crippen molar-refractivity contribution in [3.05, 3.63) is 53.8 Å². The van der Waals surface area contributed by atoms with Gasteiger partial charge in [-0.2, -0.15) is 0 Å². The summed E-state index contributed by atoms with van der Waals surface area (Å²) in [6.07, 6.45) is 0. The fourth-order valence-corrected chi connectivity index (χ4v) is 1.43. The highest BCUT2D eigenvalue weighted by molar-refractivity contribution is 5.64. The topological polar surface area (TPSA) is 20.2 Å². The quantitative estimate of drug-likeness (QED) is 0.750. The molecule has 0 saturated carbocycles. The van der Waals surface area contributed by atoms with E-state index in [0.717, 1.165) is 16.7 Å². The third kappa shape index (κ3) is 1.99. The average Bonchev–Trinajstić information content (AvgIpc) is 2.23. The van der Waals surface area contributed by atoms with Crippen LogP contribution in [0, 0.1) is 12.7 Å². The van der Waals surface area contributed by atoms with Gasteiger partial charge in [0.1, 0.15) is 0 Å². The summed E-state index contributed by atoms with van der Waals surface area (Å²) < 4.78 is 13.1. The van der Waals surface area contributed by atoms with E-state index in [1.807, 2.05) is 31.2 Å². The first-order valence-corrected chi connectivity index (χ1v) is 4.72. The van der Waals surface area contributed by atoms with Gasteiger partial charge in [0, 0.05) is 0 Å². The van der Waals surface area contributed by atoms with Gasteiger partial charge in [0.2, 0.25) is 0 Å². The second-order valence-electron chi connectivity index (χ2n) is 3.53. The number of halogens is 1. The summed E-state index contributed by atoms with van der Waals surface area (Å²) in [5.74, 6) is -0.904. The van der Waals surface area contributed by atoms with E-state index in [4.69, 9.17) is 5.11 Å². The molecule has 0 bridgehead atoms. The van der Waals surface area contributed by atoms with Gasteiger partial charge < -0.3 is 5.11 Å². The molecule has 0 aromatic heterocycles. The van der Waals surface area contributed by atoms with Crippen LogP contribution in [0.5, 0.6) is 5.75 Å². The van der Waals surface area contributed by atoms with Gasteiger partial charge in [0.25, 0.3) is 0 Å². The third-order valence-electron chi connectivity index (χ3n) is 2.33. The van der Waals surface area contributed by atoms with E-state index in [9.17, 15) is 4.39 Å². The lowest BCUT2D eigenvalue weighted by molar-refractivity contribution is 0.432. The Kier molecular flexibility index (Phi) is 2.42. The maximum Gasteiger partial charge on any atom is 0.165 e. The monoisotopic (exact) mass is 202 g/mol. The van der Waals surface area contributed by atoms with Crippen molar-refractivity contribution in [2.75, 3.05) is 0 Å². The summed E-state index contributed by atoms with van der Waals surface area (Å²) >= 11 is 0. The minimum atomic E-state index is -0.590. The lowest BCUT2D eigenvalue weighted by atomic mass is 10.0. The highest BCUT2D eigenvalue weighted by Gasteiger charge is 2.02. The Bertz CT molecular complexity index is 474. The van der Waals surface area contributed by atoms with Gasteiger partial charge in [-0.15, -0.1) is 0 Å². The van der Waals surface area contributed by atoms with Gasteiger partial charge in [-0.05, 0) is 30.2 Å². The van der Waals surface area contributed by atoms with Crippen LogP contribution in [-0.4, -0.2) is 5.11 Å². The first kappa shape index (κ1) is 9.71. The molecule has 2 aromatic rings. The third-order valence-corrected chi connectivity index (χ3v) is 2.33. The molecule has 76 valence electrons. The molecular weight excluding hydrogens is 191 g/mol. The van der Waals surface area contributed by atoms with Gasteiger partial charge in [-0.3, -0.25) is 0 Å². The Morgan fingerprint density at radius 2 is 1.53 bits per heavy atom. The fourth-order valence-electron chi connectivity index (χ4n) is 1.43. The SMILES string of the molecule is Cc1ccc(-c2ccc(O)c(F)c2)cc1. The van der Waals surface area contributed by atoms with Crippen LogP contribution in [0.15, 0.2) is 42.5 Å². The van der Waals surface area contributed by atoms with Crippen LogP contribution < -0.4 is 0 Å². The molecule has 0 heterocycles. The molecule has 1 nitrogen and oxygen atoms in total. The van der Waals surface area contributed by atoms with Crippen LogP contribution >= 0.6 is 0 Å². The highest BCUT2D eigenvalue weighted by atomic mass is 19.1. The molecule has 0 atom stereocenters. The summed E-state index contributed by atoms with van der Waals surface area (Å²) in [5.41, 5.74) is 2.88. The van der Waals surface area contributed by atoms with Crippen molar-refractivity contribution in [3.63, 3.8) is 0 Å². The van der Waals surface area contributed by atoms with Crippen molar-refractivity contribution in [1.29, 1.82) is 0 Å². The van der Waals surface area contributed by atoms with Crippen LogP contribution in [0.25, 0.3) is 11.1 Å². The van der Waals surface area contributed by atoms with Crippen molar-refractivity contribution in [1.82, 2.24) is 0 Å². The maximum absolute atomic E-state index is 13.1. The van der Waals surface area contributed by atoms with E-state index in [1.165, 1.54) is 12.1 Å². The van der Waals surface area contributed by atoms with E-state index in [-0.39, 0.29) is 5.75 Å². The lowest BCUT2D eigenvalue weighted by Gasteiger charge is -2.03. The van der Waals surface area contributed by atoms with Gasteiger partial charge in [-0.25, -0.2) is 4.39 Å². The number of phenols is 1. The Hall–Kier alpha value is -1.83. The summed E-state index contributed by atoms with van der Waals surface area (Å²) in [6.45, 7) is 2.00. The number of rotatable bonds is 1. The number of aryl methyl sites for hydroxylation is 1. The number of hydrogen-bond donors (Lipinski definition) is 1. The van der Waals surface area contributed by atoms with Crippen LogP contribution in [0.3, 0.4) is 0 Å². The second kappa shape index (κ2) is 3.73. The smallest absolute Gasteiger partial charge is 0.165 e. The van der Waals surface area contributed by atoms with E-state index in [0.29, 0.717) is 0 Å². The normalized spacial score (nSPS) is 10.3. The zero-order valence-corrected chi connectivity index (χ0v) is 8.37. The molecule has 2 rings (SSSR count). The van der Waals surface area contributed by atoms with Gasteiger partial charge in [0.15, 0.2) is 11.6 Å². The van der Waals surface area contributed by atoms with Crippen LogP contribution in [0.2, 0.25) is 0 Å². The molecule has 0 radical (unpaired) electrons. The maximum atomic E-state index is 13.1. The first-order valence-electron chi connectivity index (χ1n) is 4.72. The van der Waals surface area contributed by atoms with Crippen LogP contribution in [0.1, 0.15) is 5.56 Å². The molecule has 0 fully saturated rings. The van der Waals surface area contributed by atoms with E-state index in [2.05, 4.69) is 0 Å². The van der Waals surface area contributed by atoms with Crippen molar-refractivity contribution in [2.24, 2.45) is 0 Å². The molecule has 2 aromatic carbocycles. The van der Waals surface area contributed by atoms with Crippen molar-refractivity contribution >= 4 is 0 Å². The zero-order valence-electron chi connectivity index (χ0n) is 8.37. The fraction of sp³-hybridized carbons (Fsp3) is 0.0769. The summed E-state index contributed by atoms with van der Waals surface area (Å²) in [7, 11) is 0. The van der Waals surface area contributed by atoms with Crippen molar-refractivity contribution in [2.45, 2.75) is 6.92 Å². The van der Waals surface area contributed by atoms with Crippen molar-refractivity contribution in [3.8, 4) is 16.9 Å². The summed E-state index contributed by atoms with van der Waals surface area (Å²) in [4.78, 5) is 0. The second-order valence-corrected chi connectivity index (χ2v) is 3.53. The van der Waals surface area contributed by atoms with Crippen LogP contribution in [-0.2, 0) is 0 Å². The largest absolute Gasteiger partial charge is 0.505 e. The Morgan fingerprint density at radius 3 is 2.13 bits per heavy atom. The van der Waals surface area contributed by atoms with E-state index < -0.39 is 5.82 Å². The molecule has 15 heavy (non-hydrogen) atoms. The predicted octanol–water partition coefficient (Wildman–Crippen LogP) is 3.51. The lowest BCUT2D eigenvalue weighted by Crippen LogP contribution is -1.81. The molecule has 0 spiro atoms. The van der Waals surface area contributed by atoms with Crippen molar-refractivity contribution < 1.29 is 9.50 Å². The Morgan fingerprint density at radius 1 is 0.933 bits per heavy atom. The van der Waals surface area contributed by atoms with Crippen LogP contribution in [0.4, 0.5) is 4.39 Å². The first-order chi connectivity index (χ1) is 7.16. The summed E-state index contributed by atoms with van der Waals surface area (Å²) in [5, 5.41) is 9.06. The molecule has 0 saturated heterocycles. The molecule has 2 heteroatoms. The molecule has 0 aliphatic rings. The van der Waals surface area contributed by atoms with E-state index in [1.54, 1.807) is 6.07 Å². The van der Waals surface area contributed by atoms with Gasteiger partial charge in [-0.1, -0.05) is 35.9 Å². The van der Waals surface area contributed by atoms with E-state index >= 15 is 0 Å². The number of hydrogen-bond acceptors (Lipinski definition) is 1. The average molecular weight is 202 g/mol. The molecule has 0 unspecified atom stereocenters. The number of aromatic hydroxyl groups is 1. The Labute approximate surface area is 87.8 Å². The molecular formula is C13H11FO. The predicted molar refractivity (Wildman–Crippen MR) is 58.2 cm³/mol. The highest BCUT2D eigenvalue weighted by Crippen LogP contribution is 2.24. The standard InChI is InChI=1S/C13H11FO/c1-9-2-4-10(5-3-9)11-6-7-13(15)12(14)8-11/h2-8,15H,1H3. The molecule has 0 amide bonds. The van der Waals surface area contributed by atoms with Gasteiger partial charge >= 0.3 is 0 Å². The minimum Gasteiger partial charge on any atom is -0.505 e. The number of benzene rings is 2. The molecule has 1 N–H and O–H groups in total. The molecule has 0 aliphatic heterocycles.